The van der Waals surface area contributed by atoms with E-state index in [1.54, 1.807) is 18.2 Å². The average molecular weight is 363 g/mol. The number of amides is 1. The summed E-state index contributed by atoms with van der Waals surface area (Å²) in [7, 11) is 0. The molecule has 2 aromatic rings. The lowest BCUT2D eigenvalue weighted by molar-refractivity contribution is 0.102. The van der Waals surface area contributed by atoms with Crippen LogP contribution in [0.3, 0.4) is 0 Å². The number of nitrogens with one attached hydrogen (secondary N) is 1. The van der Waals surface area contributed by atoms with Crippen molar-refractivity contribution in [1.29, 1.82) is 0 Å². The quantitative estimate of drug-likeness (QED) is 0.786. The molecule has 0 aliphatic rings. The van der Waals surface area contributed by atoms with Crippen LogP contribution in [-0.4, -0.2) is 5.91 Å². The summed E-state index contributed by atoms with van der Waals surface area (Å²) < 4.78 is 14.2. The summed E-state index contributed by atoms with van der Waals surface area (Å²) in [4.78, 5) is 12.0. The number of rotatable bonds is 2. The van der Waals surface area contributed by atoms with Gasteiger partial charge in [0.2, 0.25) is 0 Å². The van der Waals surface area contributed by atoms with Crippen molar-refractivity contribution in [3.05, 3.63) is 62.3 Å². The molecule has 2 nitrogen and oxygen atoms in total. The second-order valence-corrected chi connectivity index (χ2v) is 5.46. The van der Waals surface area contributed by atoms with Crippen molar-refractivity contribution in [2.24, 2.45) is 0 Å². The van der Waals surface area contributed by atoms with Crippen LogP contribution in [0.1, 0.15) is 10.4 Å². The molecule has 2 rings (SSSR count). The number of carbonyl (C=O) groups excluding carboxylic acids is 1. The molecule has 6 heteroatoms. The van der Waals surface area contributed by atoms with Gasteiger partial charge in [0.1, 0.15) is 5.82 Å². The third-order valence-electron chi connectivity index (χ3n) is 2.35. The van der Waals surface area contributed by atoms with Crippen LogP contribution in [0.5, 0.6) is 0 Å². The maximum Gasteiger partial charge on any atom is 0.257 e. The topological polar surface area (TPSA) is 29.1 Å². The molecule has 0 atom stereocenters. The molecule has 0 aliphatic carbocycles. The minimum atomic E-state index is -0.566. The average Bonchev–Trinajstić information content (AvgIpc) is 2.36. The van der Waals surface area contributed by atoms with Crippen LogP contribution >= 0.6 is 39.1 Å². The molecule has 0 bridgehead atoms. The largest absolute Gasteiger partial charge is 0.319 e. The Bertz CT molecular complexity index is 649. The van der Waals surface area contributed by atoms with Gasteiger partial charge in [-0.1, -0.05) is 39.1 Å². The Hall–Kier alpha value is -1.10. The van der Waals surface area contributed by atoms with Gasteiger partial charge in [-0.2, -0.15) is 0 Å². The Morgan fingerprint density at radius 3 is 2.63 bits per heavy atom. The molecule has 0 radical (unpaired) electrons. The molecular formula is C13H7BrCl2FNO. The van der Waals surface area contributed by atoms with Crippen molar-refractivity contribution in [2.45, 2.75) is 0 Å². The number of halogens is 4. The zero-order valence-electron chi connectivity index (χ0n) is 9.38. The van der Waals surface area contributed by atoms with E-state index in [-0.39, 0.29) is 16.3 Å². The van der Waals surface area contributed by atoms with Crippen molar-refractivity contribution >= 4 is 50.7 Å². The zero-order chi connectivity index (χ0) is 14.0. The van der Waals surface area contributed by atoms with E-state index < -0.39 is 11.7 Å². The second kappa shape index (κ2) is 5.90. The summed E-state index contributed by atoms with van der Waals surface area (Å²) in [5.41, 5.74) is 0.254. The second-order valence-electron chi connectivity index (χ2n) is 3.70. The molecule has 0 heterocycles. The lowest BCUT2D eigenvalue weighted by Crippen LogP contribution is -2.13. The highest BCUT2D eigenvalue weighted by molar-refractivity contribution is 9.10. The predicted molar refractivity (Wildman–Crippen MR) is 78.5 cm³/mol. The number of benzene rings is 2. The lowest BCUT2D eigenvalue weighted by atomic mass is 10.2. The van der Waals surface area contributed by atoms with Crippen LogP contribution in [0.25, 0.3) is 0 Å². The van der Waals surface area contributed by atoms with E-state index in [1.807, 2.05) is 0 Å². The van der Waals surface area contributed by atoms with Crippen molar-refractivity contribution in [3.63, 3.8) is 0 Å². The Morgan fingerprint density at radius 2 is 1.89 bits per heavy atom. The molecular weight excluding hydrogens is 356 g/mol. The van der Waals surface area contributed by atoms with E-state index in [9.17, 15) is 9.18 Å². The summed E-state index contributed by atoms with van der Waals surface area (Å²) in [6, 6.07) is 8.76. The van der Waals surface area contributed by atoms with Crippen LogP contribution in [0, 0.1) is 5.82 Å². The Labute approximate surface area is 127 Å². The highest BCUT2D eigenvalue weighted by Gasteiger charge is 2.13. The first kappa shape index (κ1) is 14.3. The van der Waals surface area contributed by atoms with Crippen LogP contribution in [0.4, 0.5) is 10.1 Å². The molecule has 0 spiro atoms. The van der Waals surface area contributed by atoms with Gasteiger partial charge in [-0.15, -0.1) is 0 Å². The third kappa shape index (κ3) is 3.47. The fourth-order valence-corrected chi connectivity index (χ4v) is 2.19. The zero-order valence-corrected chi connectivity index (χ0v) is 12.5. The van der Waals surface area contributed by atoms with Gasteiger partial charge in [0, 0.05) is 9.50 Å². The third-order valence-corrected chi connectivity index (χ3v) is 3.41. The standard InChI is InChI=1S/C13H7BrCl2FNO/c14-7-1-3-10(16)9(5-7)13(19)18-12-6-8(15)2-4-11(12)17/h1-6H,(H,18,19). The molecule has 0 aromatic heterocycles. The maximum atomic E-state index is 13.5. The number of carbonyl (C=O) groups is 1. The molecule has 1 N–H and O–H groups in total. The minimum absolute atomic E-state index is 0.00791. The summed E-state index contributed by atoms with van der Waals surface area (Å²) >= 11 is 14.9. The molecule has 0 unspecified atom stereocenters. The first-order chi connectivity index (χ1) is 8.97. The van der Waals surface area contributed by atoms with E-state index in [0.717, 1.165) is 0 Å². The fourth-order valence-electron chi connectivity index (χ4n) is 1.45. The van der Waals surface area contributed by atoms with Crippen molar-refractivity contribution in [3.8, 4) is 0 Å². The smallest absolute Gasteiger partial charge is 0.257 e. The van der Waals surface area contributed by atoms with Gasteiger partial charge in [-0.3, -0.25) is 4.79 Å². The SMILES string of the molecule is O=C(Nc1cc(Cl)ccc1F)c1cc(Br)ccc1Cl. The van der Waals surface area contributed by atoms with E-state index in [4.69, 9.17) is 23.2 Å². The van der Waals surface area contributed by atoms with E-state index in [0.29, 0.717) is 9.50 Å². The van der Waals surface area contributed by atoms with E-state index in [1.165, 1.54) is 18.2 Å². The maximum absolute atomic E-state index is 13.5. The molecule has 2 aromatic carbocycles. The van der Waals surface area contributed by atoms with Crippen LogP contribution < -0.4 is 5.32 Å². The molecule has 19 heavy (non-hydrogen) atoms. The van der Waals surface area contributed by atoms with Gasteiger partial charge in [0.05, 0.1) is 16.3 Å². The molecule has 0 saturated heterocycles. The summed E-state index contributed by atoms with van der Waals surface area (Å²) in [6.07, 6.45) is 0. The predicted octanol–water partition coefficient (Wildman–Crippen LogP) is 5.15. The van der Waals surface area contributed by atoms with Crippen LogP contribution in [0.2, 0.25) is 10.0 Å². The first-order valence-electron chi connectivity index (χ1n) is 5.19. The molecule has 98 valence electrons. The van der Waals surface area contributed by atoms with Crippen LogP contribution in [-0.2, 0) is 0 Å². The number of hydrogen-bond acceptors (Lipinski definition) is 1. The summed E-state index contributed by atoms with van der Waals surface area (Å²) in [6.45, 7) is 0. The van der Waals surface area contributed by atoms with Gasteiger partial charge >= 0.3 is 0 Å². The van der Waals surface area contributed by atoms with Crippen molar-refractivity contribution in [1.82, 2.24) is 0 Å². The summed E-state index contributed by atoms with van der Waals surface area (Å²) in [5, 5.41) is 3.04. The minimum Gasteiger partial charge on any atom is -0.319 e. The first-order valence-corrected chi connectivity index (χ1v) is 6.74. The highest BCUT2D eigenvalue weighted by Crippen LogP contribution is 2.24. The Morgan fingerprint density at radius 1 is 1.16 bits per heavy atom. The molecule has 1 amide bonds. The fraction of sp³-hybridized carbons (Fsp3) is 0. The monoisotopic (exact) mass is 361 g/mol. The van der Waals surface area contributed by atoms with Crippen molar-refractivity contribution in [2.75, 3.05) is 5.32 Å². The normalized spacial score (nSPS) is 10.3. The lowest BCUT2D eigenvalue weighted by Gasteiger charge is -2.08. The van der Waals surface area contributed by atoms with Gasteiger partial charge in [-0.05, 0) is 36.4 Å². The summed E-state index contributed by atoms with van der Waals surface area (Å²) in [5.74, 6) is -1.07. The Balaban J connectivity index is 2.30. The number of hydrogen-bond donors (Lipinski definition) is 1. The Kier molecular flexibility index (Phi) is 4.45. The molecule has 0 saturated carbocycles. The van der Waals surface area contributed by atoms with Gasteiger partial charge < -0.3 is 5.32 Å². The molecule has 0 aliphatic heterocycles. The van der Waals surface area contributed by atoms with Gasteiger partial charge in [0.25, 0.3) is 5.91 Å². The molecule has 0 fully saturated rings. The number of anilines is 1. The van der Waals surface area contributed by atoms with Crippen LogP contribution in [0.15, 0.2) is 40.9 Å². The highest BCUT2D eigenvalue weighted by atomic mass is 79.9. The van der Waals surface area contributed by atoms with Crippen molar-refractivity contribution < 1.29 is 9.18 Å². The van der Waals surface area contributed by atoms with E-state index >= 15 is 0 Å². The van der Waals surface area contributed by atoms with Gasteiger partial charge in [0.15, 0.2) is 0 Å². The van der Waals surface area contributed by atoms with Gasteiger partial charge in [-0.25, -0.2) is 4.39 Å². The van der Waals surface area contributed by atoms with E-state index in [2.05, 4.69) is 21.2 Å².